The summed E-state index contributed by atoms with van der Waals surface area (Å²) in [5.41, 5.74) is 6.16. The molecule has 0 fully saturated rings. The summed E-state index contributed by atoms with van der Waals surface area (Å²) in [6.07, 6.45) is 1.32. The van der Waals surface area contributed by atoms with Crippen molar-refractivity contribution in [2.24, 2.45) is 5.73 Å². The van der Waals surface area contributed by atoms with Crippen LogP contribution in [0, 0.1) is 11.3 Å². The molecule has 0 saturated carbocycles. The Bertz CT molecular complexity index is 870. The summed E-state index contributed by atoms with van der Waals surface area (Å²) in [4.78, 5) is 22.4. The molecular formula is C19H17N3O4. The molecule has 0 atom stereocenters. The van der Waals surface area contributed by atoms with Crippen LogP contribution in [0.2, 0.25) is 0 Å². The van der Waals surface area contributed by atoms with Gasteiger partial charge in [0, 0.05) is 0 Å². The average Bonchev–Trinajstić information content (AvgIpc) is 2.64. The molecule has 0 saturated heterocycles. The molecule has 0 aliphatic carbocycles. The number of urea groups is 1. The molecular weight excluding hydrogens is 334 g/mol. The molecule has 0 spiro atoms. The van der Waals surface area contributed by atoms with Crippen molar-refractivity contribution in [1.82, 2.24) is 5.32 Å². The van der Waals surface area contributed by atoms with Crippen LogP contribution in [0.4, 0.5) is 4.79 Å². The number of nitrogens with one attached hydrogen (secondary N) is 1. The van der Waals surface area contributed by atoms with Crippen molar-refractivity contribution in [3.05, 3.63) is 65.2 Å². The van der Waals surface area contributed by atoms with Crippen molar-refractivity contribution >= 4 is 18.0 Å². The van der Waals surface area contributed by atoms with E-state index in [-0.39, 0.29) is 5.57 Å². The van der Waals surface area contributed by atoms with E-state index >= 15 is 0 Å². The van der Waals surface area contributed by atoms with Crippen LogP contribution in [-0.4, -0.2) is 19.0 Å². The van der Waals surface area contributed by atoms with Crippen LogP contribution in [0.1, 0.15) is 11.1 Å². The Labute approximate surface area is 150 Å². The van der Waals surface area contributed by atoms with Gasteiger partial charge in [-0.05, 0) is 29.3 Å². The maximum atomic E-state index is 11.7. The molecule has 3 amide bonds. The minimum Gasteiger partial charge on any atom is -0.493 e. The summed E-state index contributed by atoms with van der Waals surface area (Å²) in [6, 6.07) is 15.3. The molecule has 0 aliphatic heterocycles. The summed E-state index contributed by atoms with van der Waals surface area (Å²) in [5.74, 6) is 0.0965. The molecule has 0 aromatic heterocycles. The number of nitrogens with zero attached hydrogens (tertiary/aromatic N) is 1. The van der Waals surface area contributed by atoms with Crippen molar-refractivity contribution in [2.45, 2.75) is 6.61 Å². The van der Waals surface area contributed by atoms with Gasteiger partial charge in [0.15, 0.2) is 11.5 Å². The van der Waals surface area contributed by atoms with Gasteiger partial charge in [-0.1, -0.05) is 36.4 Å². The molecule has 0 aliphatic rings. The van der Waals surface area contributed by atoms with Crippen LogP contribution < -0.4 is 20.5 Å². The zero-order valence-corrected chi connectivity index (χ0v) is 14.1. The number of hydrogen-bond acceptors (Lipinski definition) is 5. The molecule has 26 heavy (non-hydrogen) atoms. The summed E-state index contributed by atoms with van der Waals surface area (Å²) >= 11 is 0. The summed E-state index contributed by atoms with van der Waals surface area (Å²) in [6.45, 7) is 0.372. The highest BCUT2D eigenvalue weighted by atomic mass is 16.5. The van der Waals surface area contributed by atoms with E-state index in [1.165, 1.54) is 13.2 Å². The lowest BCUT2D eigenvalue weighted by Crippen LogP contribution is -2.35. The zero-order valence-electron chi connectivity index (χ0n) is 14.1. The first-order chi connectivity index (χ1) is 12.5. The topological polar surface area (TPSA) is 114 Å². The quantitative estimate of drug-likeness (QED) is 0.612. The van der Waals surface area contributed by atoms with E-state index in [4.69, 9.17) is 20.5 Å². The molecule has 0 unspecified atom stereocenters. The van der Waals surface area contributed by atoms with E-state index in [0.29, 0.717) is 23.7 Å². The normalized spacial score (nSPS) is 10.5. The standard InChI is InChI=1S/C19H17N3O4/c1-25-17-10-14(9-15(11-20)18(23)22-19(21)24)7-8-16(17)26-12-13-5-3-2-4-6-13/h2-10H,12H2,1H3,(H3,21,22,23,24)/b15-9-. The van der Waals surface area contributed by atoms with Crippen LogP contribution in [0.3, 0.4) is 0 Å². The number of carbonyl (C=O) groups excluding carboxylic acids is 2. The average molecular weight is 351 g/mol. The van der Waals surface area contributed by atoms with Crippen molar-refractivity contribution < 1.29 is 19.1 Å². The Hall–Kier alpha value is -3.79. The first-order valence-electron chi connectivity index (χ1n) is 7.61. The smallest absolute Gasteiger partial charge is 0.319 e. The Balaban J connectivity index is 2.19. The van der Waals surface area contributed by atoms with E-state index in [1.807, 2.05) is 35.6 Å². The van der Waals surface area contributed by atoms with Gasteiger partial charge in [0.25, 0.3) is 5.91 Å². The number of methoxy groups -OCH3 is 1. The number of imide groups is 1. The van der Waals surface area contributed by atoms with Gasteiger partial charge in [-0.3, -0.25) is 10.1 Å². The molecule has 2 rings (SSSR count). The van der Waals surface area contributed by atoms with Crippen molar-refractivity contribution in [1.29, 1.82) is 5.26 Å². The number of nitrogens with two attached hydrogens (primary N) is 1. The zero-order chi connectivity index (χ0) is 18.9. The van der Waals surface area contributed by atoms with Crippen LogP contribution >= 0.6 is 0 Å². The number of ether oxygens (including phenoxy) is 2. The largest absolute Gasteiger partial charge is 0.493 e. The first kappa shape index (κ1) is 18.5. The highest BCUT2D eigenvalue weighted by Gasteiger charge is 2.12. The maximum absolute atomic E-state index is 11.7. The minimum absolute atomic E-state index is 0.260. The molecule has 0 bridgehead atoms. The third-order valence-corrected chi connectivity index (χ3v) is 3.34. The van der Waals surface area contributed by atoms with E-state index in [1.54, 1.807) is 24.3 Å². The van der Waals surface area contributed by atoms with Crippen LogP contribution in [0.5, 0.6) is 11.5 Å². The number of rotatable bonds is 6. The third kappa shape index (κ3) is 5.11. The van der Waals surface area contributed by atoms with Crippen LogP contribution in [0.25, 0.3) is 6.08 Å². The maximum Gasteiger partial charge on any atom is 0.319 e. The lowest BCUT2D eigenvalue weighted by molar-refractivity contribution is -0.115. The second-order valence-electron chi connectivity index (χ2n) is 5.17. The van der Waals surface area contributed by atoms with Crippen molar-refractivity contribution in [3.8, 4) is 17.6 Å². The van der Waals surface area contributed by atoms with E-state index in [9.17, 15) is 9.59 Å². The van der Waals surface area contributed by atoms with Crippen LogP contribution in [0.15, 0.2) is 54.1 Å². The van der Waals surface area contributed by atoms with Gasteiger partial charge in [-0.15, -0.1) is 0 Å². The number of nitriles is 1. The highest BCUT2D eigenvalue weighted by molar-refractivity contribution is 6.08. The molecule has 0 heterocycles. The molecule has 2 aromatic rings. The van der Waals surface area contributed by atoms with Gasteiger partial charge in [0.05, 0.1) is 7.11 Å². The lowest BCUT2D eigenvalue weighted by Gasteiger charge is -2.11. The molecule has 2 aromatic carbocycles. The third-order valence-electron chi connectivity index (χ3n) is 3.34. The second kappa shape index (κ2) is 8.89. The molecule has 3 N–H and O–H groups in total. The predicted molar refractivity (Wildman–Crippen MR) is 95.1 cm³/mol. The fraction of sp³-hybridized carbons (Fsp3) is 0.105. The van der Waals surface area contributed by atoms with Crippen molar-refractivity contribution in [3.63, 3.8) is 0 Å². The Morgan fingerprint density at radius 2 is 1.92 bits per heavy atom. The number of primary amides is 1. The monoisotopic (exact) mass is 351 g/mol. The SMILES string of the molecule is COc1cc(/C=C(/C#N)C(=O)NC(N)=O)ccc1OCc1ccccc1. The molecule has 0 radical (unpaired) electrons. The van der Waals surface area contributed by atoms with Gasteiger partial charge < -0.3 is 15.2 Å². The Morgan fingerprint density at radius 1 is 1.19 bits per heavy atom. The van der Waals surface area contributed by atoms with Gasteiger partial charge in [-0.2, -0.15) is 5.26 Å². The minimum atomic E-state index is -1.03. The van der Waals surface area contributed by atoms with E-state index in [2.05, 4.69) is 0 Å². The van der Waals surface area contributed by atoms with Gasteiger partial charge in [0.2, 0.25) is 0 Å². The first-order valence-corrected chi connectivity index (χ1v) is 7.61. The van der Waals surface area contributed by atoms with Gasteiger partial charge in [-0.25, -0.2) is 4.79 Å². The Morgan fingerprint density at radius 3 is 2.54 bits per heavy atom. The summed E-state index contributed by atoms with van der Waals surface area (Å²) < 4.78 is 11.1. The van der Waals surface area contributed by atoms with Gasteiger partial charge in [0.1, 0.15) is 18.2 Å². The molecule has 7 heteroatoms. The Kier molecular flexibility index (Phi) is 6.34. The number of carbonyl (C=O) groups is 2. The summed E-state index contributed by atoms with van der Waals surface area (Å²) in [5, 5.41) is 10.9. The van der Waals surface area contributed by atoms with E-state index in [0.717, 1.165) is 5.56 Å². The van der Waals surface area contributed by atoms with Gasteiger partial charge >= 0.3 is 6.03 Å². The molecule has 7 nitrogen and oxygen atoms in total. The second-order valence-corrected chi connectivity index (χ2v) is 5.17. The van der Waals surface area contributed by atoms with Crippen LogP contribution in [-0.2, 0) is 11.4 Å². The summed E-state index contributed by atoms with van der Waals surface area (Å²) in [7, 11) is 1.49. The lowest BCUT2D eigenvalue weighted by atomic mass is 10.1. The highest BCUT2D eigenvalue weighted by Crippen LogP contribution is 2.29. The van der Waals surface area contributed by atoms with E-state index < -0.39 is 11.9 Å². The number of hydrogen-bond donors (Lipinski definition) is 2. The molecule has 132 valence electrons. The number of benzene rings is 2. The fourth-order valence-corrected chi connectivity index (χ4v) is 2.12. The predicted octanol–water partition coefficient (Wildman–Crippen LogP) is 2.38. The van der Waals surface area contributed by atoms with Crippen molar-refractivity contribution in [2.75, 3.05) is 7.11 Å². The number of amides is 3. The fourth-order valence-electron chi connectivity index (χ4n) is 2.12.